The van der Waals surface area contributed by atoms with E-state index in [2.05, 4.69) is 0 Å². The Balaban J connectivity index is 1.90. The fourth-order valence-corrected chi connectivity index (χ4v) is 4.75. The zero-order chi connectivity index (χ0) is 17.2. The van der Waals surface area contributed by atoms with Crippen molar-refractivity contribution in [1.82, 2.24) is 4.31 Å². The van der Waals surface area contributed by atoms with E-state index in [0.29, 0.717) is 17.2 Å². The van der Waals surface area contributed by atoms with E-state index in [-0.39, 0.29) is 6.04 Å². The van der Waals surface area contributed by atoms with Gasteiger partial charge in [-0.1, -0.05) is 12.1 Å². The molecule has 1 saturated heterocycles. The van der Waals surface area contributed by atoms with Crippen LogP contribution in [-0.2, 0) is 10.0 Å². The van der Waals surface area contributed by atoms with Crippen molar-refractivity contribution in [2.75, 3.05) is 20.8 Å². The molecule has 2 aromatic carbocycles. The molecule has 128 valence electrons. The van der Waals surface area contributed by atoms with Crippen LogP contribution in [0.3, 0.4) is 0 Å². The summed E-state index contributed by atoms with van der Waals surface area (Å²) in [6, 6.07) is 14.0. The molecule has 1 atom stereocenters. The van der Waals surface area contributed by atoms with E-state index < -0.39 is 10.0 Å². The molecule has 0 saturated carbocycles. The number of rotatable bonds is 5. The maximum absolute atomic E-state index is 13.0. The number of hydrogen-bond acceptors (Lipinski definition) is 4. The topological polar surface area (TPSA) is 55.8 Å². The lowest BCUT2D eigenvalue weighted by Crippen LogP contribution is -2.30. The molecule has 1 aliphatic heterocycles. The highest BCUT2D eigenvalue weighted by molar-refractivity contribution is 7.89. The number of ether oxygens (including phenoxy) is 2. The Morgan fingerprint density at radius 1 is 0.917 bits per heavy atom. The molecule has 0 amide bonds. The molecule has 1 fully saturated rings. The molecule has 5 nitrogen and oxygen atoms in total. The first kappa shape index (κ1) is 16.8. The minimum atomic E-state index is -3.53. The van der Waals surface area contributed by atoms with Crippen LogP contribution in [0.2, 0.25) is 0 Å². The molecule has 3 rings (SSSR count). The molecular weight excluding hydrogens is 326 g/mol. The van der Waals surface area contributed by atoms with Crippen molar-refractivity contribution in [2.45, 2.75) is 23.8 Å². The van der Waals surface area contributed by atoms with Gasteiger partial charge in [0.15, 0.2) is 0 Å². The van der Waals surface area contributed by atoms with Gasteiger partial charge in [0.05, 0.1) is 25.2 Å². The molecule has 0 aliphatic carbocycles. The third kappa shape index (κ3) is 3.12. The predicted molar refractivity (Wildman–Crippen MR) is 91.9 cm³/mol. The first-order valence-electron chi connectivity index (χ1n) is 7.86. The highest BCUT2D eigenvalue weighted by Gasteiger charge is 2.36. The molecule has 6 heteroatoms. The SMILES string of the molecule is COc1ccc([C@H]2CCCN2S(=O)(=O)c2ccc(OC)cc2)cc1. The summed E-state index contributed by atoms with van der Waals surface area (Å²) in [5.74, 6) is 1.41. The fraction of sp³-hybridized carbons (Fsp3) is 0.333. The molecule has 1 heterocycles. The first-order valence-corrected chi connectivity index (χ1v) is 9.30. The summed E-state index contributed by atoms with van der Waals surface area (Å²) in [4.78, 5) is 0.295. The third-order valence-electron chi connectivity index (χ3n) is 4.37. The minimum Gasteiger partial charge on any atom is -0.497 e. The van der Waals surface area contributed by atoms with E-state index in [1.807, 2.05) is 24.3 Å². The zero-order valence-corrected chi connectivity index (χ0v) is 14.6. The number of benzene rings is 2. The van der Waals surface area contributed by atoms with Gasteiger partial charge in [-0.15, -0.1) is 0 Å². The highest BCUT2D eigenvalue weighted by atomic mass is 32.2. The summed E-state index contributed by atoms with van der Waals surface area (Å²) < 4.78 is 37.9. The average molecular weight is 347 g/mol. The van der Waals surface area contributed by atoms with Crippen molar-refractivity contribution >= 4 is 10.0 Å². The van der Waals surface area contributed by atoms with Crippen LogP contribution >= 0.6 is 0 Å². The standard InChI is InChI=1S/C18H21NO4S/c1-22-15-7-5-14(6-8-15)18-4-3-13-19(18)24(20,21)17-11-9-16(23-2)10-12-17/h5-12,18H,3-4,13H2,1-2H3/t18-/m1/s1. The van der Waals surface area contributed by atoms with Crippen molar-refractivity contribution in [2.24, 2.45) is 0 Å². The van der Waals surface area contributed by atoms with Gasteiger partial charge in [0.25, 0.3) is 0 Å². The molecular formula is C18H21NO4S. The van der Waals surface area contributed by atoms with Crippen molar-refractivity contribution in [3.8, 4) is 11.5 Å². The van der Waals surface area contributed by atoms with Crippen LogP contribution in [0.25, 0.3) is 0 Å². The Labute approximate surface area is 142 Å². The van der Waals surface area contributed by atoms with Crippen LogP contribution < -0.4 is 9.47 Å². The van der Waals surface area contributed by atoms with Crippen LogP contribution in [0.4, 0.5) is 0 Å². The number of sulfonamides is 1. The molecule has 0 radical (unpaired) electrons. The van der Waals surface area contributed by atoms with Crippen LogP contribution in [0.5, 0.6) is 11.5 Å². The summed E-state index contributed by atoms with van der Waals surface area (Å²) >= 11 is 0. The first-order chi connectivity index (χ1) is 11.6. The van der Waals surface area contributed by atoms with Crippen LogP contribution in [-0.4, -0.2) is 33.5 Å². The van der Waals surface area contributed by atoms with Gasteiger partial charge in [-0.25, -0.2) is 8.42 Å². The summed E-state index contributed by atoms with van der Waals surface area (Å²) in [6.07, 6.45) is 1.67. The molecule has 0 unspecified atom stereocenters. The monoisotopic (exact) mass is 347 g/mol. The van der Waals surface area contributed by atoms with Crippen molar-refractivity contribution in [1.29, 1.82) is 0 Å². The second-order valence-electron chi connectivity index (χ2n) is 5.72. The van der Waals surface area contributed by atoms with Gasteiger partial charge in [0.2, 0.25) is 10.0 Å². The number of nitrogens with zero attached hydrogens (tertiary/aromatic N) is 1. The lowest BCUT2D eigenvalue weighted by Gasteiger charge is -2.24. The Bertz CT molecular complexity index is 785. The number of methoxy groups -OCH3 is 2. The summed E-state index contributed by atoms with van der Waals surface area (Å²) in [7, 11) is -0.355. The quantitative estimate of drug-likeness (QED) is 0.833. The minimum absolute atomic E-state index is 0.136. The van der Waals surface area contributed by atoms with Crippen LogP contribution in [0.15, 0.2) is 53.4 Å². The third-order valence-corrected chi connectivity index (χ3v) is 6.29. The molecule has 0 N–H and O–H groups in total. The molecule has 0 aromatic heterocycles. The van der Waals surface area contributed by atoms with Gasteiger partial charge < -0.3 is 9.47 Å². The summed E-state index contributed by atoms with van der Waals surface area (Å²) in [6.45, 7) is 0.533. The van der Waals surface area contributed by atoms with Gasteiger partial charge in [-0.3, -0.25) is 0 Å². The smallest absolute Gasteiger partial charge is 0.243 e. The van der Waals surface area contributed by atoms with Gasteiger partial charge in [-0.05, 0) is 54.8 Å². The van der Waals surface area contributed by atoms with Gasteiger partial charge in [0.1, 0.15) is 11.5 Å². The van der Waals surface area contributed by atoms with E-state index in [1.54, 1.807) is 42.8 Å². The second-order valence-corrected chi connectivity index (χ2v) is 7.61. The van der Waals surface area contributed by atoms with E-state index in [1.165, 1.54) is 0 Å². The Morgan fingerprint density at radius 3 is 2.00 bits per heavy atom. The lowest BCUT2D eigenvalue weighted by atomic mass is 10.1. The van der Waals surface area contributed by atoms with Gasteiger partial charge in [0, 0.05) is 6.54 Å². The van der Waals surface area contributed by atoms with E-state index in [9.17, 15) is 8.42 Å². The maximum Gasteiger partial charge on any atom is 0.243 e. The van der Waals surface area contributed by atoms with E-state index >= 15 is 0 Å². The van der Waals surface area contributed by atoms with Gasteiger partial charge in [-0.2, -0.15) is 4.31 Å². The summed E-state index contributed by atoms with van der Waals surface area (Å²) in [5.41, 5.74) is 0.991. The molecule has 1 aliphatic rings. The Morgan fingerprint density at radius 2 is 1.46 bits per heavy atom. The predicted octanol–water partition coefficient (Wildman–Crippen LogP) is 3.23. The van der Waals surface area contributed by atoms with E-state index in [0.717, 1.165) is 24.2 Å². The van der Waals surface area contributed by atoms with E-state index in [4.69, 9.17) is 9.47 Å². The van der Waals surface area contributed by atoms with Crippen LogP contribution in [0, 0.1) is 0 Å². The van der Waals surface area contributed by atoms with Crippen LogP contribution in [0.1, 0.15) is 24.4 Å². The zero-order valence-electron chi connectivity index (χ0n) is 13.8. The molecule has 24 heavy (non-hydrogen) atoms. The normalized spacial score (nSPS) is 18.5. The summed E-state index contributed by atoms with van der Waals surface area (Å²) in [5, 5.41) is 0. The second kappa shape index (κ2) is 6.83. The maximum atomic E-state index is 13.0. The van der Waals surface area contributed by atoms with Gasteiger partial charge >= 0.3 is 0 Å². The lowest BCUT2D eigenvalue weighted by molar-refractivity contribution is 0.394. The highest BCUT2D eigenvalue weighted by Crippen LogP contribution is 2.37. The number of hydrogen-bond donors (Lipinski definition) is 0. The largest absolute Gasteiger partial charge is 0.497 e. The average Bonchev–Trinajstić information content (AvgIpc) is 3.12. The molecule has 0 spiro atoms. The van der Waals surface area contributed by atoms with Crippen molar-refractivity contribution in [3.63, 3.8) is 0 Å². The van der Waals surface area contributed by atoms with Crippen molar-refractivity contribution < 1.29 is 17.9 Å². The van der Waals surface area contributed by atoms with Crippen molar-refractivity contribution in [3.05, 3.63) is 54.1 Å². The Kier molecular flexibility index (Phi) is 4.78. The molecule has 0 bridgehead atoms. The molecule has 2 aromatic rings. The Hall–Kier alpha value is -2.05. The fourth-order valence-electron chi connectivity index (χ4n) is 3.07.